The number of ketones is 1. The first-order valence-corrected chi connectivity index (χ1v) is 6.85. The van der Waals surface area contributed by atoms with Crippen LogP contribution < -0.4 is 4.90 Å². The molecule has 17 heavy (non-hydrogen) atoms. The van der Waals surface area contributed by atoms with Crippen molar-refractivity contribution in [1.82, 2.24) is 9.88 Å². The topological polar surface area (TPSA) is 36.4 Å². The molecule has 2 heterocycles. The summed E-state index contributed by atoms with van der Waals surface area (Å²) < 4.78 is 0. The lowest BCUT2D eigenvalue weighted by atomic mass is 10.1. The third-order valence-corrected chi connectivity index (χ3v) is 4.52. The minimum atomic E-state index is 0.106. The minimum absolute atomic E-state index is 0.106. The van der Waals surface area contributed by atoms with Crippen LogP contribution in [0.2, 0.25) is 0 Å². The van der Waals surface area contributed by atoms with Crippen LogP contribution in [0.25, 0.3) is 0 Å². The van der Waals surface area contributed by atoms with E-state index >= 15 is 0 Å². The number of anilines is 1. The summed E-state index contributed by atoms with van der Waals surface area (Å²) in [6.07, 6.45) is 2.85. The van der Waals surface area contributed by atoms with Crippen molar-refractivity contribution in [2.24, 2.45) is 0 Å². The van der Waals surface area contributed by atoms with Crippen LogP contribution in [0.3, 0.4) is 0 Å². The minimum Gasteiger partial charge on any atom is -0.345 e. The molecule has 1 unspecified atom stereocenters. The Morgan fingerprint density at radius 1 is 1.59 bits per heavy atom. The van der Waals surface area contributed by atoms with Crippen molar-refractivity contribution in [2.75, 3.05) is 31.6 Å². The average molecular weight is 253 g/mol. The molecule has 1 aromatic rings. The third kappa shape index (κ3) is 2.66. The molecule has 2 rings (SSSR count). The van der Waals surface area contributed by atoms with Gasteiger partial charge in [0.1, 0.15) is 0 Å². The molecular formula is C12H19N3OS. The Morgan fingerprint density at radius 3 is 2.94 bits per heavy atom. The molecule has 1 aliphatic heterocycles. The molecule has 0 aliphatic carbocycles. The van der Waals surface area contributed by atoms with E-state index in [0.717, 1.165) is 36.1 Å². The molecule has 0 radical (unpaired) electrons. The van der Waals surface area contributed by atoms with Crippen molar-refractivity contribution in [3.63, 3.8) is 0 Å². The molecule has 5 heteroatoms. The largest absolute Gasteiger partial charge is 0.345 e. The third-order valence-electron chi connectivity index (χ3n) is 3.36. The smallest absolute Gasteiger partial charge is 0.186 e. The number of rotatable bonds is 3. The highest BCUT2D eigenvalue weighted by atomic mass is 32.1. The predicted molar refractivity (Wildman–Crippen MR) is 71.0 cm³/mol. The average Bonchev–Trinajstić information content (AvgIpc) is 2.79. The van der Waals surface area contributed by atoms with Crippen LogP contribution in [-0.2, 0) is 0 Å². The first-order valence-electron chi connectivity index (χ1n) is 6.03. The summed E-state index contributed by atoms with van der Waals surface area (Å²) in [5, 5.41) is 0.988. The normalized spacial score (nSPS) is 21.8. The van der Waals surface area contributed by atoms with E-state index in [1.54, 1.807) is 13.1 Å². The van der Waals surface area contributed by atoms with Gasteiger partial charge in [-0.05, 0) is 13.5 Å². The van der Waals surface area contributed by atoms with E-state index in [1.165, 1.54) is 11.3 Å². The van der Waals surface area contributed by atoms with Gasteiger partial charge in [-0.25, -0.2) is 4.98 Å². The zero-order chi connectivity index (χ0) is 12.4. The number of piperazine rings is 1. The van der Waals surface area contributed by atoms with E-state index in [9.17, 15) is 4.79 Å². The number of hydrogen-bond donors (Lipinski definition) is 0. The Balaban J connectivity index is 2.09. The molecule has 1 saturated heterocycles. The van der Waals surface area contributed by atoms with Crippen molar-refractivity contribution >= 4 is 22.3 Å². The van der Waals surface area contributed by atoms with Crippen molar-refractivity contribution in [1.29, 1.82) is 0 Å². The molecule has 0 N–H and O–H groups in total. The van der Waals surface area contributed by atoms with E-state index in [2.05, 4.69) is 28.8 Å². The molecule has 1 aliphatic rings. The highest BCUT2D eigenvalue weighted by Crippen LogP contribution is 2.25. The van der Waals surface area contributed by atoms with E-state index in [4.69, 9.17) is 0 Å². The van der Waals surface area contributed by atoms with Crippen molar-refractivity contribution in [3.05, 3.63) is 11.1 Å². The van der Waals surface area contributed by atoms with Crippen molar-refractivity contribution in [3.8, 4) is 0 Å². The van der Waals surface area contributed by atoms with Crippen molar-refractivity contribution in [2.45, 2.75) is 26.3 Å². The van der Waals surface area contributed by atoms with Gasteiger partial charge < -0.3 is 4.90 Å². The van der Waals surface area contributed by atoms with E-state index in [1.807, 2.05) is 0 Å². The highest BCUT2D eigenvalue weighted by molar-refractivity contribution is 7.17. The summed E-state index contributed by atoms with van der Waals surface area (Å²) in [6, 6.07) is 0.591. The number of nitrogens with zero attached hydrogens (tertiary/aromatic N) is 3. The van der Waals surface area contributed by atoms with Gasteiger partial charge in [0.25, 0.3) is 0 Å². The highest BCUT2D eigenvalue weighted by Gasteiger charge is 2.24. The summed E-state index contributed by atoms with van der Waals surface area (Å²) in [7, 11) is 2.17. The van der Waals surface area contributed by atoms with Gasteiger partial charge >= 0.3 is 0 Å². The molecule has 0 saturated carbocycles. The van der Waals surface area contributed by atoms with Crippen LogP contribution in [0.4, 0.5) is 5.13 Å². The molecule has 0 amide bonds. The molecule has 0 aromatic carbocycles. The van der Waals surface area contributed by atoms with Crippen LogP contribution in [0.15, 0.2) is 6.20 Å². The quantitative estimate of drug-likeness (QED) is 0.771. The summed E-state index contributed by atoms with van der Waals surface area (Å²) in [5.41, 5.74) is 0. The van der Waals surface area contributed by atoms with Gasteiger partial charge in [-0.2, -0.15) is 0 Å². The van der Waals surface area contributed by atoms with Gasteiger partial charge in [-0.15, -0.1) is 0 Å². The monoisotopic (exact) mass is 253 g/mol. The number of hydrogen-bond acceptors (Lipinski definition) is 5. The fraction of sp³-hybridized carbons (Fsp3) is 0.667. The Hall–Kier alpha value is -0.940. The standard InChI is InChI=1S/C12H19N3OS/c1-4-10-8-15(6-5-14(10)3)12-13-7-11(17-12)9(2)16/h7,10H,4-6,8H2,1-3H3. The lowest BCUT2D eigenvalue weighted by Crippen LogP contribution is -2.51. The van der Waals surface area contributed by atoms with Crippen molar-refractivity contribution < 1.29 is 4.79 Å². The van der Waals surface area contributed by atoms with Crippen LogP contribution in [0, 0.1) is 0 Å². The molecular weight excluding hydrogens is 234 g/mol. The molecule has 1 atom stereocenters. The maximum atomic E-state index is 11.3. The molecule has 0 bridgehead atoms. The Bertz CT molecular complexity index is 404. The summed E-state index contributed by atoms with van der Waals surface area (Å²) >= 11 is 1.51. The van der Waals surface area contributed by atoms with Crippen LogP contribution in [0.5, 0.6) is 0 Å². The first kappa shape index (κ1) is 12.5. The number of Topliss-reactive ketones (excluding diaryl/α,β-unsaturated/α-hetero) is 1. The molecule has 94 valence electrons. The number of likely N-dealkylation sites (N-methyl/N-ethyl adjacent to an activating group) is 1. The second kappa shape index (κ2) is 5.14. The molecule has 1 fully saturated rings. The second-order valence-electron chi connectivity index (χ2n) is 4.55. The van der Waals surface area contributed by atoms with E-state index in [-0.39, 0.29) is 5.78 Å². The van der Waals surface area contributed by atoms with Crippen LogP contribution >= 0.6 is 11.3 Å². The molecule has 1 aromatic heterocycles. The zero-order valence-corrected chi connectivity index (χ0v) is 11.5. The van der Waals surface area contributed by atoms with E-state index in [0.29, 0.717) is 6.04 Å². The van der Waals surface area contributed by atoms with Crippen LogP contribution in [-0.4, -0.2) is 48.4 Å². The summed E-state index contributed by atoms with van der Waals surface area (Å²) in [6.45, 7) is 6.88. The maximum Gasteiger partial charge on any atom is 0.186 e. The number of carbonyl (C=O) groups is 1. The Labute approximate surface area is 106 Å². The van der Waals surface area contributed by atoms with Gasteiger partial charge in [0.2, 0.25) is 0 Å². The van der Waals surface area contributed by atoms with E-state index < -0.39 is 0 Å². The van der Waals surface area contributed by atoms with Gasteiger partial charge in [0.05, 0.1) is 11.1 Å². The Morgan fingerprint density at radius 2 is 2.35 bits per heavy atom. The second-order valence-corrected chi connectivity index (χ2v) is 5.56. The van der Waals surface area contributed by atoms with Gasteiger partial charge in [0, 0.05) is 32.6 Å². The fourth-order valence-electron chi connectivity index (χ4n) is 2.13. The summed E-state index contributed by atoms with van der Waals surface area (Å²) in [5.74, 6) is 0.106. The molecule has 4 nitrogen and oxygen atoms in total. The van der Waals surface area contributed by atoms with Gasteiger partial charge in [-0.1, -0.05) is 18.3 Å². The summed E-state index contributed by atoms with van der Waals surface area (Å²) in [4.78, 5) is 21.1. The van der Waals surface area contributed by atoms with Crippen LogP contribution in [0.1, 0.15) is 29.9 Å². The maximum absolute atomic E-state index is 11.3. The lowest BCUT2D eigenvalue weighted by Gasteiger charge is -2.38. The zero-order valence-electron chi connectivity index (χ0n) is 10.6. The fourth-order valence-corrected chi connectivity index (χ4v) is 2.98. The van der Waals surface area contributed by atoms with Gasteiger partial charge in [-0.3, -0.25) is 9.69 Å². The predicted octanol–water partition coefficient (Wildman–Crippen LogP) is 1.88. The number of aromatic nitrogens is 1. The lowest BCUT2D eigenvalue weighted by molar-refractivity contribution is 0.102. The van der Waals surface area contributed by atoms with Gasteiger partial charge in [0.15, 0.2) is 10.9 Å². The first-order chi connectivity index (χ1) is 8.11. The number of carbonyl (C=O) groups excluding carboxylic acids is 1. The number of thiazole rings is 1. The Kier molecular flexibility index (Phi) is 3.79. The molecule has 0 spiro atoms. The SMILES string of the molecule is CCC1CN(c2ncc(C(C)=O)s2)CCN1C.